The van der Waals surface area contributed by atoms with Gasteiger partial charge in [-0.3, -0.25) is 5.10 Å². The van der Waals surface area contributed by atoms with E-state index in [1.54, 1.807) is 0 Å². The molecule has 1 aromatic heterocycles. The van der Waals surface area contributed by atoms with Crippen LogP contribution in [0.1, 0.15) is 42.7 Å². The van der Waals surface area contributed by atoms with Crippen LogP contribution in [0.2, 0.25) is 5.02 Å². The Morgan fingerprint density at radius 3 is 2.64 bits per heavy atom. The lowest BCUT2D eigenvalue weighted by molar-refractivity contribution is 0.0172. The largest absolute Gasteiger partial charge is 0.373 e. The molecule has 148 valence electrons. The monoisotopic (exact) mass is 401 g/mol. The molecule has 28 heavy (non-hydrogen) atoms. The SMILES string of the molecule is Cc1[nH]nc2c(C(C)OCC3(c4ccc(F)cc4)CCNCC3)cc(Cl)cc12. The van der Waals surface area contributed by atoms with E-state index < -0.39 is 0 Å². The van der Waals surface area contributed by atoms with E-state index in [1.165, 1.54) is 12.1 Å². The van der Waals surface area contributed by atoms with E-state index in [2.05, 4.69) is 15.5 Å². The summed E-state index contributed by atoms with van der Waals surface area (Å²) in [6.07, 6.45) is 1.76. The molecule has 1 unspecified atom stereocenters. The molecule has 6 heteroatoms. The Kier molecular flexibility index (Phi) is 5.41. The number of aromatic nitrogens is 2. The minimum absolute atomic E-state index is 0.119. The van der Waals surface area contributed by atoms with E-state index in [4.69, 9.17) is 16.3 Å². The van der Waals surface area contributed by atoms with Gasteiger partial charge in [0.25, 0.3) is 0 Å². The molecular formula is C22H25ClFN3O. The van der Waals surface area contributed by atoms with Crippen molar-refractivity contribution in [1.29, 1.82) is 0 Å². The number of nitrogens with one attached hydrogen (secondary N) is 2. The number of halogens is 2. The number of rotatable bonds is 5. The van der Waals surface area contributed by atoms with Crippen molar-refractivity contribution < 1.29 is 9.13 Å². The first-order valence-corrected chi connectivity index (χ1v) is 10.1. The summed E-state index contributed by atoms with van der Waals surface area (Å²) >= 11 is 6.34. The second-order valence-corrected chi connectivity index (χ2v) is 8.17. The van der Waals surface area contributed by atoms with Crippen LogP contribution in [0.25, 0.3) is 10.9 Å². The third-order valence-corrected chi connectivity index (χ3v) is 6.13. The van der Waals surface area contributed by atoms with Crippen LogP contribution in [0.5, 0.6) is 0 Å². The molecule has 2 aromatic carbocycles. The zero-order valence-electron chi connectivity index (χ0n) is 16.2. The predicted molar refractivity (Wildman–Crippen MR) is 110 cm³/mol. The summed E-state index contributed by atoms with van der Waals surface area (Å²) < 4.78 is 19.8. The molecule has 4 nitrogen and oxygen atoms in total. The summed E-state index contributed by atoms with van der Waals surface area (Å²) in [7, 11) is 0. The van der Waals surface area contributed by atoms with E-state index in [-0.39, 0.29) is 17.3 Å². The van der Waals surface area contributed by atoms with E-state index in [0.29, 0.717) is 11.6 Å². The Morgan fingerprint density at radius 1 is 1.21 bits per heavy atom. The summed E-state index contributed by atoms with van der Waals surface area (Å²) in [5, 5.41) is 12.6. The van der Waals surface area contributed by atoms with Gasteiger partial charge in [0.2, 0.25) is 0 Å². The van der Waals surface area contributed by atoms with Crippen molar-refractivity contribution in [2.75, 3.05) is 19.7 Å². The van der Waals surface area contributed by atoms with E-state index in [9.17, 15) is 4.39 Å². The van der Waals surface area contributed by atoms with Crippen LogP contribution < -0.4 is 5.32 Å². The Bertz CT molecular complexity index is 964. The van der Waals surface area contributed by atoms with Gasteiger partial charge in [0, 0.05) is 27.1 Å². The van der Waals surface area contributed by atoms with Crippen molar-refractivity contribution in [2.45, 2.75) is 38.2 Å². The number of piperidine rings is 1. The third kappa shape index (κ3) is 3.66. The standard InChI is InChI=1S/C22H25ClFN3O/c1-14-19-11-17(23)12-20(21(19)27-26-14)15(2)28-13-22(7-9-25-10-8-22)16-3-5-18(24)6-4-16/h3-6,11-12,15,25H,7-10,13H2,1-2H3,(H,26,27). The van der Waals surface area contributed by atoms with Gasteiger partial charge in [0.1, 0.15) is 5.82 Å². The maximum Gasteiger partial charge on any atom is 0.123 e. The first-order valence-electron chi connectivity index (χ1n) is 9.71. The smallest absolute Gasteiger partial charge is 0.123 e. The molecule has 0 radical (unpaired) electrons. The van der Waals surface area contributed by atoms with Crippen molar-refractivity contribution in [1.82, 2.24) is 15.5 Å². The number of hydrogen-bond donors (Lipinski definition) is 2. The molecule has 4 rings (SSSR count). The number of hydrogen-bond acceptors (Lipinski definition) is 3. The molecule has 0 spiro atoms. The van der Waals surface area contributed by atoms with Crippen LogP contribution >= 0.6 is 11.6 Å². The van der Waals surface area contributed by atoms with Crippen LogP contribution in [0.3, 0.4) is 0 Å². The Balaban J connectivity index is 1.60. The van der Waals surface area contributed by atoms with Crippen LogP contribution in [0.15, 0.2) is 36.4 Å². The number of aryl methyl sites for hydroxylation is 1. The molecule has 2 N–H and O–H groups in total. The van der Waals surface area contributed by atoms with E-state index in [0.717, 1.165) is 53.7 Å². The van der Waals surface area contributed by atoms with Crippen molar-refractivity contribution in [3.05, 3.63) is 64.1 Å². The van der Waals surface area contributed by atoms with Crippen molar-refractivity contribution in [3.63, 3.8) is 0 Å². The van der Waals surface area contributed by atoms with Gasteiger partial charge in [-0.25, -0.2) is 4.39 Å². The molecule has 1 saturated heterocycles. The average molecular weight is 402 g/mol. The van der Waals surface area contributed by atoms with Gasteiger partial charge in [-0.05, 0) is 69.6 Å². The fourth-order valence-corrected chi connectivity index (χ4v) is 4.37. The van der Waals surface area contributed by atoms with Gasteiger partial charge in [0.15, 0.2) is 0 Å². The second-order valence-electron chi connectivity index (χ2n) is 7.73. The number of nitrogens with zero attached hydrogens (tertiary/aromatic N) is 1. The van der Waals surface area contributed by atoms with Crippen LogP contribution in [0.4, 0.5) is 4.39 Å². The lowest BCUT2D eigenvalue weighted by atomic mass is 9.74. The zero-order chi connectivity index (χ0) is 19.7. The molecule has 0 bridgehead atoms. The van der Waals surface area contributed by atoms with E-state index >= 15 is 0 Å². The van der Waals surface area contributed by atoms with Gasteiger partial charge < -0.3 is 10.1 Å². The highest BCUT2D eigenvalue weighted by Gasteiger charge is 2.35. The highest BCUT2D eigenvalue weighted by atomic mass is 35.5. The van der Waals surface area contributed by atoms with Gasteiger partial charge in [-0.1, -0.05) is 23.7 Å². The van der Waals surface area contributed by atoms with Crippen molar-refractivity contribution >= 4 is 22.5 Å². The summed E-state index contributed by atoms with van der Waals surface area (Å²) in [6, 6.07) is 10.7. The second kappa shape index (κ2) is 7.82. The van der Waals surface area contributed by atoms with Crippen molar-refractivity contribution in [3.8, 4) is 0 Å². The first kappa shape index (κ1) is 19.4. The fourth-order valence-electron chi connectivity index (χ4n) is 4.14. The molecule has 1 fully saturated rings. The fraction of sp³-hybridized carbons (Fsp3) is 0.409. The minimum Gasteiger partial charge on any atom is -0.373 e. The molecule has 0 saturated carbocycles. The first-order chi connectivity index (χ1) is 13.5. The Hall–Kier alpha value is -1.95. The lowest BCUT2D eigenvalue weighted by Gasteiger charge is -2.38. The topological polar surface area (TPSA) is 49.9 Å². The number of aromatic amines is 1. The predicted octanol–water partition coefficient (Wildman–Crippen LogP) is 5.06. The van der Waals surface area contributed by atoms with Crippen molar-refractivity contribution in [2.24, 2.45) is 0 Å². The normalized spacial score (nSPS) is 17.7. The Labute approximate surface area is 169 Å². The van der Waals surface area contributed by atoms with E-state index in [1.807, 2.05) is 38.1 Å². The minimum atomic E-state index is -0.211. The summed E-state index contributed by atoms with van der Waals surface area (Å²) in [6.45, 7) is 6.44. The number of benzene rings is 2. The quantitative estimate of drug-likeness (QED) is 0.628. The van der Waals surface area contributed by atoms with Gasteiger partial charge in [-0.15, -0.1) is 0 Å². The summed E-state index contributed by atoms with van der Waals surface area (Å²) in [5.74, 6) is -0.211. The molecular weight excluding hydrogens is 377 g/mol. The van der Waals surface area contributed by atoms with Gasteiger partial charge in [-0.2, -0.15) is 5.10 Å². The average Bonchev–Trinajstić information content (AvgIpc) is 3.07. The molecule has 0 amide bonds. The molecule has 0 aliphatic carbocycles. The lowest BCUT2D eigenvalue weighted by Crippen LogP contribution is -2.43. The zero-order valence-corrected chi connectivity index (χ0v) is 16.9. The molecule has 1 aliphatic heterocycles. The van der Waals surface area contributed by atoms with Crippen LogP contribution in [-0.4, -0.2) is 29.9 Å². The number of fused-ring (bicyclic) bond motifs is 1. The number of H-pyrrole nitrogens is 1. The highest BCUT2D eigenvalue weighted by Crippen LogP contribution is 2.37. The maximum atomic E-state index is 13.4. The molecule has 2 heterocycles. The third-order valence-electron chi connectivity index (χ3n) is 5.91. The Morgan fingerprint density at radius 2 is 1.93 bits per heavy atom. The maximum absolute atomic E-state index is 13.4. The highest BCUT2D eigenvalue weighted by molar-refractivity contribution is 6.31. The summed E-state index contributed by atoms with van der Waals surface area (Å²) in [4.78, 5) is 0. The number of ether oxygens (including phenoxy) is 1. The van der Waals surface area contributed by atoms with Gasteiger partial charge in [0.05, 0.1) is 18.2 Å². The summed E-state index contributed by atoms with van der Waals surface area (Å²) in [5.41, 5.74) is 3.89. The van der Waals surface area contributed by atoms with Gasteiger partial charge >= 0.3 is 0 Å². The van der Waals surface area contributed by atoms with Crippen LogP contribution in [-0.2, 0) is 10.2 Å². The molecule has 1 aliphatic rings. The van der Waals surface area contributed by atoms with Crippen LogP contribution in [0, 0.1) is 12.7 Å². The molecule has 1 atom stereocenters. The molecule has 3 aromatic rings.